The van der Waals surface area contributed by atoms with Crippen LogP contribution in [0, 0.1) is 6.92 Å². The summed E-state index contributed by atoms with van der Waals surface area (Å²) in [7, 11) is 0. The monoisotopic (exact) mass is 406 g/mol. The van der Waals surface area contributed by atoms with Gasteiger partial charge in [0.15, 0.2) is 5.16 Å². The highest BCUT2D eigenvalue weighted by Gasteiger charge is 2.16. The number of pyridine rings is 1. The van der Waals surface area contributed by atoms with E-state index in [0.717, 1.165) is 12.0 Å². The quantitative estimate of drug-likeness (QED) is 0.370. The fourth-order valence-corrected chi connectivity index (χ4v) is 4.31. The summed E-state index contributed by atoms with van der Waals surface area (Å²) in [5, 5.41) is 1.27. The SMILES string of the molecule is CC[C@H](C)n1c(SCc2cc(=O)n3cccc(C)c3n2)nc2ccccc2c1=O. The van der Waals surface area contributed by atoms with Crippen LogP contribution in [0.3, 0.4) is 0 Å². The summed E-state index contributed by atoms with van der Waals surface area (Å²) in [6.07, 6.45) is 2.54. The summed E-state index contributed by atoms with van der Waals surface area (Å²) < 4.78 is 3.30. The fourth-order valence-electron chi connectivity index (χ4n) is 3.32. The van der Waals surface area contributed by atoms with Crippen molar-refractivity contribution in [2.24, 2.45) is 0 Å². The molecule has 3 heterocycles. The van der Waals surface area contributed by atoms with Crippen molar-refractivity contribution in [2.45, 2.75) is 44.1 Å². The molecule has 1 aromatic carbocycles. The van der Waals surface area contributed by atoms with Crippen molar-refractivity contribution < 1.29 is 0 Å². The van der Waals surface area contributed by atoms with Crippen LogP contribution in [-0.2, 0) is 5.75 Å². The van der Waals surface area contributed by atoms with Gasteiger partial charge >= 0.3 is 0 Å². The van der Waals surface area contributed by atoms with E-state index >= 15 is 0 Å². The minimum Gasteiger partial charge on any atom is -0.284 e. The lowest BCUT2D eigenvalue weighted by molar-refractivity contribution is 0.468. The van der Waals surface area contributed by atoms with Gasteiger partial charge in [-0.15, -0.1) is 0 Å². The molecule has 0 radical (unpaired) electrons. The lowest BCUT2D eigenvalue weighted by atomic mass is 10.2. The molecule has 0 unspecified atom stereocenters. The summed E-state index contributed by atoms with van der Waals surface area (Å²) in [6.45, 7) is 6.01. The molecule has 0 bridgehead atoms. The molecule has 0 aliphatic heterocycles. The molecule has 0 amide bonds. The molecule has 0 aliphatic carbocycles. The third-order valence-corrected chi connectivity index (χ3v) is 6.08. The lowest BCUT2D eigenvalue weighted by Gasteiger charge is -2.18. The Morgan fingerprint density at radius 1 is 1.10 bits per heavy atom. The number of fused-ring (bicyclic) bond motifs is 2. The van der Waals surface area contributed by atoms with Gasteiger partial charge in [-0.1, -0.05) is 36.9 Å². The molecule has 1 atom stereocenters. The summed E-state index contributed by atoms with van der Waals surface area (Å²) in [5.41, 5.74) is 2.81. The average molecular weight is 407 g/mol. The van der Waals surface area contributed by atoms with Crippen molar-refractivity contribution in [3.63, 3.8) is 0 Å². The smallest absolute Gasteiger partial charge is 0.262 e. The van der Waals surface area contributed by atoms with Crippen molar-refractivity contribution in [2.75, 3.05) is 0 Å². The first kappa shape index (κ1) is 19.4. The number of nitrogens with zero attached hydrogens (tertiary/aromatic N) is 4. The predicted molar refractivity (Wildman–Crippen MR) is 117 cm³/mol. The van der Waals surface area contributed by atoms with E-state index in [2.05, 4.69) is 11.9 Å². The van der Waals surface area contributed by atoms with Crippen molar-refractivity contribution in [3.05, 3.63) is 80.6 Å². The van der Waals surface area contributed by atoms with Gasteiger partial charge in [0.1, 0.15) is 5.65 Å². The van der Waals surface area contributed by atoms with Gasteiger partial charge in [0.05, 0.1) is 16.6 Å². The molecule has 0 fully saturated rings. The van der Waals surface area contributed by atoms with Gasteiger partial charge in [0.25, 0.3) is 11.1 Å². The maximum Gasteiger partial charge on any atom is 0.262 e. The van der Waals surface area contributed by atoms with E-state index in [4.69, 9.17) is 4.98 Å². The van der Waals surface area contributed by atoms with Crippen LogP contribution in [0.25, 0.3) is 16.6 Å². The Labute approximate surface area is 172 Å². The van der Waals surface area contributed by atoms with Crippen LogP contribution in [0.5, 0.6) is 0 Å². The second-order valence-corrected chi connectivity index (χ2v) is 8.05. The molecular weight excluding hydrogens is 384 g/mol. The zero-order chi connectivity index (χ0) is 20.5. The zero-order valence-corrected chi connectivity index (χ0v) is 17.4. The minimum absolute atomic E-state index is 0.0274. The van der Waals surface area contributed by atoms with E-state index in [1.807, 2.05) is 50.2 Å². The molecule has 0 saturated carbocycles. The van der Waals surface area contributed by atoms with E-state index in [9.17, 15) is 9.59 Å². The van der Waals surface area contributed by atoms with Gasteiger partial charge in [0.2, 0.25) is 0 Å². The van der Waals surface area contributed by atoms with Gasteiger partial charge in [0, 0.05) is 24.1 Å². The first-order chi connectivity index (χ1) is 14.0. The molecule has 4 rings (SSSR count). The number of hydrogen-bond acceptors (Lipinski definition) is 5. The number of para-hydroxylation sites is 1. The van der Waals surface area contributed by atoms with Crippen LogP contribution in [0.1, 0.15) is 37.6 Å². The van der Waals surface area contributed by atoms with Crippen molar-refractivity contribution in [3.8, 4) is 0 Å². The number of aromatic nitrogens is 4. The molecule has 0 aliphatic rings. The maximum absolute atomic E-state index is 13.1. The second kappa shape index (κ2) is 7.83. The Bertz CT molecular complexity index is 1330. The summed E-state index contributed by atoms with van der Waals surface area (Å²) in [4.78, 5) is 34.9. The molecular formula is C22H22N4O2S. The normalized spacial score (nSPS) is 12.5. The Balaban J connectivity index is 1.77. The van der Waals surface area contributed by atoms with Crippen LogP contribution in [0.4, 0.5) is 0 Å². The molecule has 148 valence electrons. The van der Waals surface area contributed by atoms with Gasteiger partial charge in [-0.2, -0.15) is 0 Å². The maximum atomic E-state index is 13.1. The molecule has 0 saturated heterocycles. The van der Waals surface area contributed by atoms with Crippen LogP contribution in [0.2, 0.25) is 0 Å². The van der Waals surface area contributed by atoms with Crippen LogP contribution >= 0.6 is 11.8 Å². The van der Waals surface area contributed by atoms with Crippen LogP contribution in [0.15, 0.2) is 63.4 Å². The first-order valence-corrected chi connectivity index (χ1v) is 10.6. The van der Waals surface area contributed by atoms with Crippen molar-refractivity contribution in [1.29, 1.82) is 0 Å². The van der Waals surface area contributed by atoms with E-state index in [1.165, 1.54) is 11.8 Å². The Hall–Kier alpha value is -2.93. The topological polar surface area (TPSA) is 69.3 Å². The third-order valence-electron chi connectivity index (χ3n) is 5.10. The number of hydrogen-bond donors (Lipinski definition) is 0. The molecule has 0 N–H and O–H groups in total. The van der Waals surface area contributed by atoms with E-state index < -0.39 is 0 Å². The van der Waals surface area contributed by atoms with E-state index in [1.54, 1.807) is 21.2 Å². The Kier molecular flexibility index (Phi) is 5.24. The lowest BCUT2D eigenvalue weighted by Crippen LogP contribution is -2.26. The standard InChI is InChI=1S/C22H22N4O2S/c1-4-15(3)26-21(28)17-9-5-6-10-18(17)24-22(26)29-13-16-12-19(27)25-11-7-8-14(2)20(25)23-16/h5-12,15H,4,13H2,1-3H3/t15-/m0/s1. The summed E-state index contributed by atoms with van der Waals surface area (Å²) in [5.74, 6) is 0.460. The summed E-state index contributed by atoms with van der Waals surface area (Å²) in [6, 6.07) is 12.7. The van der Waals surface area contributed by atoms with Crippen molar-refractivity contribution >= 4 is 28.3 Å². The largest absolute Gasteiger partial charge is 0.284 e. The minimum atomic E-state index is -0.111. The number of thioether (sulfide) groups is 1. The highest BCUT2D eigenvalue weighted by molar-refractivity contribution is 7.98. The van der Waals surface area contributed by atoms with Crippen LogP contribution in [-0.4, -0.2) is 18.9 Å². The highest BCUT2D eigenvalue weighted by Crippen LogP contribution is 2.25. The summed E-state index contributed by atoms with van der Waals surface area (Å²) >= 11 is 1.44. The average Bonchev–Trinajstić information content (AvgIpc) is 2.72. The van der Waals surface area contributed by atoms with Gasteiger partial charge < -0.3 is 0 Å². The molecule has 3 aromatic heterocycles. The molecule has 4 aromatic rings. The Morgan fingerprint density at radius 3 is 2.69 bits per heavy atom. The Morgan fingerprint density at radius 2 is 1.90 bits per heavy atom. The van der Waals surface area contributed by atoms with E-state index in [0.29, 0.717) is 33.2 Å². The van der Waals surface area contributed by atoms with E-state index in [-0.39, 0.29) is 17.2 Å². The number of aryl methyl sites for hydroxylation is 1. The molecule has 0 spiro atoms. The fraction of sp³-hybridized carbons (Fsp3) is 0.273. The first-order valence-electron chi connectivity index (χ1n) is 9.61. The van der Waals surface area contributed by atoms with Crippen molar-refractivity contribution in [1.82, 2.24) is 18.9 Å². The van der Waals surface area contributed by atoms with Gasteiger partial charge in [-0.25, -0.2) is 9.97 Å². The highest BCUT2D eigenvalue weighted by atomic mass is 32.2. The molecule has 29 heavy (non-hydrogen) atoms. The molecule has 6 nitrogen and oxygen atoms in total. The van der Waals surface area contributed by atoms with Gasteiger partial charge in [-0.05, 0) is 44.0 Å². The zero-order valence-electron chi connectivity index (χ0n) is 16.6. The predicted octanol–water partition coefficient (Wildman–Crippen LogP) is 3.98. The second-order valence-electron chi connectivity index (χ2n) is 7.10. The third kappa shape index (κ3) is 3.58. The number of rotatable bonds is 5. The number of benzene rings is 1. The van der Waals surface area contributed by atoms with Crippen LogP contribution < -0.4 is 11.1 Å². The van der Waals surface area contributed by atoms with Gasteiger partial charge in [-0.3, -0.25) is 18.6 Å². The molecule has 7 heteroatoms.